The summed E-state index contributed by atoms with van der Waals surface area (Å²) in [6.07, 6.45) is 2.94. The first-order chi connectivity index (χ1) is 10.0. The normalized spacial score (nSPS) is 20.6. The maximum absolute atomic E-state index is 14.0. The van der Waals surface area contributed by atoms with E-state index in [0.717, 1.165) is 18.4 Å². The van der Waals surface area contributed by atoms with Gasteiger partial charge in [-0.3, -0.25) is 0 Å². The Labute approximate surface area is 123 Å². The Hall–Kier alpha value is -1.89. The molecule has 2 rings (SSSR count). The summed E-state index contributed by atoms with van der Waals surface area (Å²) >= 11 is 0. The Bertz CT molecular complexity index is 552. The van der Waals surface area contributed by atoms with Crippen LogP contribution in [-0.4, -0.2) is 19.0 Å². The maximum atomic E-state index is 14.0. The second-order valence-corrected chi connectivity index (χ2v) is 5.26. The monoisotopic (exact) mass is 292 g/mol. The molecule has 1 atom stereocenters. The van der Waals surface area contributed by atoms with Gasteiger partial charge in [0.25, 0.3) is 0 Å². The Morgan fingerprint density at radius 2 is 2.05 bits per heavy atom. The largest absolute Gasteiger partial charge is 0.465 e. The van der Waals surface area contributed by atoms with E-state index < -0.39 is 17.8 Å². The standard InChI is InChI=1S/C17H18F2O2/c1-21-16(20)14-9-7-13(8-10-14)12-15-6-4-2-3-5-11-17(15,18)19/h7-10,15H,2-4,6,12H2,1H3/t15-/m1/s1. The van der Waals surface area contributed by atoms with E-state index in [1.165, 1.54) is 7.11 Å². The molecule has 1 aromatic carbocycles. The molecule has 0 bridgehead atoms. The van der Waals surface area contributed by atoms with Crippen molar-refractivity contribution in [3.8, 4) is 11.8 Å². The summed E-state index contributed by atoms with van der Waals surface area (Å²) in [4.78, 5) is 11.3. The molecule has 0 N–H and O–H groups in total. The average molecular weight is 292 g/mol. The van der Waals surface area contributed by atoms with E-state index in [4.69, 9.17) is 0 Å². The fourth-order valence-corrected chi connectivity index (χ4v) is 2.48. The molecule has 0 saturated heterocycles. The number of hydrogen-bond donors (Lipinski definition) is 0. The minimum absolute atomic E-state index is 0.267. The Morgan fingerprint density at radius 1 is 1.33 bits per heavy atom. The molecule has 112 valence electrons. The van der Waals surface area contributed by atoms with Gasteiger partial charge in [0.05, 0.1) is 12.7 Å². The van der Waals surface area contributed by atoms with Gasteiger partial charge in [-0.15, -0.1) is 0 Å². The second kappa shape index (κ2) is 6.71. The zero-order valence-electron chi connectivity index (χ0n) is 12.0. The first-order valence-electron chi connectivity index (χ1n) is 7.08. The highest BCUT2D eigenvalue weighted by molar-refractivity contribution is 5.89. The number of benzene rings is 1. The van der Waals surface area contributed by atoms with Crippen molar-refractivity contribution in [1.82, 2.24) is 0 Å². The van der Waals surface area contributed by atoms with Crippen molar-refractivity contribution in [2.45, 2.75) is 38.0 Å². The van der Waals surface area contributed by atoms with Crippen LogP contribution in [0.15, 0.2) is 24.3 Å². The number of methoxy groups -OCH3 is 1. The van der Waals surface area contributed by atoms with E-state index in [0.29, 0.717) is 18.4 Å². The molecule has 1 aliphatic rings. The number of carbonyl (C=O) groups excluding carboxylic acids is 1. The third kappa shape index (κ3) is 4.04. The molecular formula is C17H18F2O2. The molecule has 0 amide bonds. The molecular weight excluding hydrogens is 274 g/mol. The van der Waals surface area contributed by atoms with Gasteiger partial charge in [0, 0.05) is 12.3 Å². The number of rotatable bonds is 3. The van der Waals surface area contributed by atoms with Crippen molar-refractivity contribution in [2.24, 2.45) is 5.92 Å². The molecule has 0 unspecified atom stereocenters. The summed E-state index contributed by atoms with van der Waals surface area (Å²) in [6.45, 7) is 0. The van der Waals surface area contributed by atoms with Crippen LogP contribution in [0.3, 0.4) is 0 Å². The molecule has 0 radical (unpaired) electrons. The highest BCUT2D eigenvalue weighted by atomic mass is 19.3. The summed E-state index contributed by atoms with van der Waals surface area (Å²) < 4.78 is 32.6. The topological polar surface area (TPSA) is 26.3 Å². The quantitative estimate of drug-likeness (QED) is 0.625. The summed E-state index contributed by atoms with van der Waals surface area (Å²) in [6, 6.07) is 6.62. The molecule has 4 heteroatoms. The van der Waals surface area contributed by atoms with Gasteiger partial charge in [-0.2, -0.15) is 8.78 Å². The number of carbonyl (C=O) groups is 1. The summed E-state index contributed by atoms with van der Waals surface area (Å²) in [5.74, 6) is 0.537. The highest BCUT2D eigenvalue weighted by Gasteiger charge is 2.37. The zero-order valence-corrected chi connectivity index (χ0v) is 12.0. The van der Waals surface area contributed by atoms with Gasteiger partial charge < -0.3 is 4.74 Å². The molecule has 0 aromatic heterocycles. The number of hydrogen-bond acceptors (Lipinski definition) is 2. The van der Waals surface area contributed by atoms with E-state index in [-0.39, 0.29) is 6.42 Å². The predicted molar refractivity (Wildman–Crippen MR) is 76.2 cm³/mol. The van der Waals surface area contributed by atoms with Crippen molar-refractivity contribution >= 4 is 5.97 Å². The van der Waals surface area contributed by atoms with E-state index >= 15 is 0 Å². The molecule has 2 nitrogen and oxygen atoms in total. The lowest BCUT2D eigenvalue weighted by atomic mass is 9.87. The third-order valence-electron chi connectivity index (χ3n) is 3.73. The molecule has 0 saturated carbocycles. The molecule has 0 heterocycles. The zero-order chi connectivity index (χ0) is 15.3. The first kappa shape index (κ1) is 15.5. The fourth-order valence-electron chi connectivity index (χ4n) is 2.48. The van der Waals surface area contributed by atoms with E-state index in [2.05, 4.69) is 16.6 Å². The third-order valence-corrected chi connectivity index (χ3v) is 3.73. The van der Waals surface area contributed by atoms with Crippen LogP contribution in [0, 0.1) is 17.8 Å². The number of esters is 1. The van der Waals surface area contributed by atoms with Crippen molar-refractivity contribution in [2.75, 3.05) is 7.11 Å². The van der Waals surface area contributed by atoms with Crippen LogP contribution in [0.5, 0.6) is 0 Å². The lowest BCUT2D eigenvalue weighted by Crippen LogP contribution is -2.29. The Morgan fingerprint density at radius 3 is 2.71 bits per heavy atom. The van der Waals surface area contributed by atoms with Crippen LogP contribution in [-0.2, 0) is 11.2 Å². The lowest BCUT2D eigenvalue weighted by Gasteiger charge is -2.24. The Kier molecular flexibility index (Phi) is 4.95. The molecule has 0 spiro atoms. The van der Waals surface area contributed by atoms with Crippen molar-refractivity contribution in [1.29, 1.82) is 0 Å². The van der Waals surface area contributed by atoms with Gasteiger partial charge in [0.1, 0.15) is 0 Å². The van der Waals surface area contributed by atoms with Crippen LogP contribution in [0.2, 0.25) is 0 Å². The Balaban J connectivity index is 2.11. The van der Waals surface area contributed by atoms with Gasteiger partial charge >= 0.3 is 11.9 Å². The SMILES string of the molecule is COC(=O)c1ccc(C[C@H]2CCCCC#CC2(F)F)cc1. The maximum Gasteiger partial charge on any atom is 0.337 e. The number of ether oxygens (including phenoxy) is 1. The van der Waals surface area contributed by atoms with E-state index in [1.54, 1.807) is 24.3 Å². The van der Waals surface area contributed by atoms with Crippen LogP contribution >= 0.6 is 0 Å². The first-order valence-corrected chi connectivity index (χ1v) is 7.08. The predicted octanol–water partition coefficient (Wildman–Crippen LogP) is 3.84. The van der Waals surface area contributed by atoms with Crippen molar-refractivity contribution in [3.05, 3.63) is 35.4 Å². The minimum Gasteiger partial charge on any atom is -0.465 e. The van der Waals surface area contributed by atoms with Crippen LogP contribution < -0.4 is 0 Å². The lowest BCUT2D eigenvalue weighted by molar-refractivity contribution is -0.00443. The van der Waals surface area contributed by atoms with Crippen LogP contribution in [0.25, 0.3) is 0 Å². The number of alkyl halides is 2. The average Bonchev–Trinajstić information content (AvgIpc) is 2.47. The summed E-state index contributed by atoms with van der Waals surface area (Å²) in [7, 11) is 1.31. The van der Waals surface area contributed by atoms with Gasteiger partial charge in [-0.1, -0.05) is 24.5 Å². The fraction of sp³-hybridized carbons (Fsp3) is 0.471. The van der Waals surface area contributed by atoms with Gasteiger partial charge in [0.2, 0.25) is 0 Å². The minimum atomic E-state index is -2.94. The molecule has 0 fully saturated rings. The van der Waals surface area contributed by atoms with Gasteiger partial charge in [-0.05, 0) is 42.9 Å². The molecule has 1 aliphatic carbocycles. The van der Waals surface area contributed by atoms with E-state index in [9.17, 15) is 13.6 Å². The van der Waals surface area contributed by atoms with Crippen LogP contribution in [0.1, 0.15) is 41.6 Å². The van der Waals surface area contributed by atoms with Crippen molar-refractivity contribution in [3.63, 3.8) is 0 Å². The second-order valence-electron chi connectivity index (χ2n) is 5.26. The summed E-state index contributed by atoms with van der Waals surface area (Å²) in [5, 5.41) is 0. The highest BCUT2D eigenvalue weighted by Crippen LogP contribution is 2.32. The smallest absolute Gasteiger partial charge is 0.337 e. The van der Waals surface area contributed by atoms with Crippen LogP contribution in [0.4, 0.5) is 8.78 Å². The molecule has 0 aliphatic heterocycles. The number of halogens is 2. The van der Waals surface area contributed by atoms with Crippen molar-refractivity contribution < 1.29 is 18.3 Å². The van der Waals surface area contributed by atoms with Gasteiger partial charge in [0.15, 0.2) is 0 Å². The van der Waals surface area contributed by atoms with E-state index in [1.807, 2.05) is 0 Å². The molecule has 21 heavy (non-hydrogen) atoms. The molecule has 1 aromatic rings. The summed E-state index contributed by atoms with van der Waals surface area (Å²) in [5.41, 5.74) is 1.21. The van der Waals surface area contributed by atoms with Gasteiger partial charge in [-0.25, -0.2) is 4.79 Å².